The highest BCUT2D eigenvalue weighted by molar-refractivity contribution is 5.92. The number of carbonyl (C=O) groups excluding carboxylic acids is 1. The highest BCUT2D eigenvalue weighted by atomic mass is 35.5. The zero-order valence-corrected chi connectivity index (χ0v) is 15.4. The van der Waals surface area contributed by atoms with Crippen LogP contribution in [0, 0.1) is 0 Å². The van der Waals surface area contributed by atoms with E-state index in [2.05, 4.69) is 18.9 Å². The van der Waals surface area contributed by atoms with Gasteiger partial charge in [0, 0.05) is 25.8 Å². The lowest BCUT2D eigenvalue weighted by Gasteiger charge is -2.21. The van der Waals surface area contributed by atoms with Crippen LogP contribution in [0.25, 0.3) is 0 Å². The van der Waals surface area contributed by atoms with Crippen molar-refractivity contribution in [1.29, 1.82) is 0 Å². The fraction of sp³-hybridized carbons (Fsp3) is 0.444. The lowest BCUT2D eigenvalue weighted by atomic mass is 10.1. The molecular formula is C18H27ClN4O. The van der Waals surface area contributed by atoms with Gasteiger partial charge in [-0.3, -0.25) is 9.48 Å². The number of benzene rings is 1. The number of aromatic nitrogens is 2. The quantitative estimate of drug-likeness (QED) is 0.835. The maximum atomic E-state index is 12.9. The van der Waals surface area contributed by atoms with Crippen LogP contribution in [0.1, 0.15) is 47.9 Å². The minimum atomic E-state index is -0.0372. The SMILES string of the molecule is CC(C)c1cc(C(=O)N(CCCN)Cc2ccccc2)nn1C.Cl. The second-order valence-electron chi connectivity index (χ2n) is 6.09. The molecule has 1 aromatic carbocycles. The Hall–Kier alpha value is -1.85. The summed E-state index contributed by atoms with van der Waals surface area (Å²) in [5.74, 6) is 0.297. The first-order valence-corrected chi connectivity index (χ1v) is 8.10. The third-order valence-corrected chi connectivity index (χ3v) is 3.86. The fourth-order valence-electron chi connectivity index (χ4n) is 2.63. The van der Waals surface area contributed by atoms with Crippen LogP contribution in [0.4, 0.5) is 0 Å². The lowest BCUT2D eigenvalue weighted by molar-refractivity contribution is 0.0735. The minimum absolute atomic E-state index is 0. The Kier molecular flexibility index (Phi) is 7.95. The van der Waals surface area contributed by atoms with Crippen molar-refractivity contribution in [2.75, 3.05) is 13.1 Å². The normalized spacial score (nSPS) is 10.5. The van der Waals surface area contributed by atoms with Crippen LogP contribution in [0.15, 0.2) is 36.4 Å². The molecule has 24 heavy (non-hydrogen) atoms. The number of rotatable bonds is 7. The van der Waals surface area contributed by atoms with Crippen LogP contribution >= 0.6 is 12.4 Å². The van der Waals surface area contributed by atoms with Crippen molar-refractivity contribution in [3.63, 3.8) is 0 Å². The topological polar surface area (TPSA) is 64.2 Å². The lowest BCUT2D eigenvalue weighted by Crippen LogP contribution is -2.33. The molecule has 2 rings (SSSR count). The highest BCUT2D eigenvalue weighted by Crippen LogP contribution is 2.17. The molecule has 0 aliphatic heterocycles. The number of nitrogens with zero attached hydrogens (tertiary/aromatic N) is 3. The van der Waals surface area contributed by atoms with Crippen molar-refractivity contribution in [2.45, 2.75) is 32.7 Å². The van der Waals surface area contributed by atoms with E-state index in [0.29, 0.717) is 31.2 Å². The van der Waals surface area contributed by atoms with Crippen LogP contribution < -0.4 is 5.73 Å². The number of halogens is 1. The van der Waals surface area contributed by atoms with Gasteiger partial charge in [0.2, 0.25) is 0 Å². The summed E-state index contributed by atoms with van der Waals surface area (Å²) in [5.41, 5.74) is 8.29. The van der Waals surface area contributed by atoms with Gasteiger partial charge in [-0.25, -0.2) is 0 Å². The number of carbonyl (C=O) groups is 1. The number of nitrogens with two attached hydrogens (primary N) is 1. The van der Waals surface area contributed by atoms with E-state index in [9.17, 15) is 4.79 Å². The summed E-state index contributed by atoms with van der Waals surface area (Å²) in [5, 5.41) is 4.40. The van der Waals surface area contributed by atoms with Gasteiger partial charge >= 0.3 is 0 Å². The molecule has 2 aromatic rings. The summed E-state index contributed by atoms with van der Waals surface area (Å²) in [6.07, 6.45) is 0.780. The van der Waals surface area contributed by atoms with Gasteiger partial charge in [0.05, 0.1) is 0 Å². The third kappa shape index (κ3) is 5.08. The second-order valence-corrected chi connectivity index (χ2v) is 6.09. The zero-order chi connectivity index (χ0) is 16.8. The summed E-state index contributed by atoms with van der Waals surface area (Å²) in [4.78, 5) is 14.7. The predicted molar refractivity (Wildman–Crippen MR) is 99.4 cm³/mol. The van der Waals surface area contributed by atoms with Gasteiger partial charge in [-0.05, 0) is 30.5 Å². The van der Waals surface area contributed by atoms with E-state index in [1.54, 1.807) is 4.68 Å². The van der Waals surface area contributed by atoms with E-state index in [-0.39, 0.29) is 18.3 Å². The third-order valence-electron chi connectivity index (χ3n) is 3.86. The summed E-state index contributed by atoms with van der Waals surface area (Å²) < 4.78 is 1.79. The molecule has 0 saturated carbocycles. The molecule has 2 N–H and O–H groups in total. The molecule has 1 amide bonds. The summed E-state index contributed by atoms with van der Waals surface area (Å²) >= 11 is 0. The van der Waals surface area contributed by atoms with Gasteiger partial charge in [-0.2, -0.15) is 5.10 Å². The molecular weight excluding hydrogens is 324 g/mol. The van der Waals surface area contributed by atoms with E-state index in [0.717, 1.165) is 17.7 Å². The average molecular weight is 351 g/mol. The van der Waals surface area contributed by atoms with Crippen LogP contribution in [0.3, 0.4) is 0 Å². The number of aryl methyl sites for hydroxylation is 1. The first kappa shape index (κ1) is 20.2. The molecule has 0 fully saturated rings. The van der Waals surface area contributed by atoms with Crippen LogP contribution in [0.5, 0.6) is 0 Å². The molecule has 0 atom stereocenters. The summed E-state index contributed by atoms with van der Waals surface area (Å²) in [6, 6.07) is 11.9. The number of hydrogen-bond acceptors (Lipinski definition) is 3. The molecule has 0 aliphatic rings. The van der Waals surface area contributed by atoms with Crippen LogP contribution in [-0.4, -0.2) is 33.7 Å². The smallest absolute Gasteiger partial charge is 0.274 e. The monoisotopic (exact) mass is 350 g/mol. The van der Waals surface area contributed by atoms with Gasteiger partial charge in [0.25, 0.3) is 5.91 Å². The fourth-order valence-corrected chi connectivity index (χ4v) is 2.63. The molecule has 0 saturated heterocycles. The van der Waals surface area contributed by atoms with Gasteiger partial charge in [-0.1, -0.05) is 44.2 Å². The van der Waals surface area contributed by atoms with E-state index in [4.69, 9.17) is 5.73 Å². The molecule has 1 heterocycles. The van der Waals surface area contributed by atoms with Gasteiger partial charge in [0.15, 0.2) is 5.69 Å². The molecule has 1 aromatic heterocycles. The van der Waals surface area contributed by atoms with Crippen molar-refractivity contribution in [1.82, 2.24) is 14.7 Å². The Morgan fingerprint density at radius 3 is 2.50 bits per heavy atom. The Balaban J connectivity index is 0.00000288. The van der Waals surface area contributed by atoms with E-state index in [1.165, 1.54) is 0 Å². The predicted octanol–water partition coefficient (Wildman–Crippen LogP) is 2.96. The molecule has 0 unspecified atom stereocenters. The van der Waals surface area contributed by atoms with Crippen LogP contribution in [0.2, 0.25) is 0 Å². The van der Waals surface area contributed by atoms with Crippen molar-refractivity contribution < 1.29 is 4.79 Å². The molecule has 0 radical (unpaired) electrons. The first-order chi connectivity index (χ1) is 11.0. The van der Waals surface area contributed by atoms with Crippen molar-refractivity contribution in [3.05, 3.63) is 53.3 Å². The Morgan fingerprint density at radius 1 is 1.29 bits per heavy atom. The highest BCUT2D eigenvalue weighted by Gasteiger charge is 2.20. The zero-order valence-electron chi connectivity index (χ0n) is 14.6. The van der Waals surface area contributed by atoms with Crippen molar-refractivity contribution >= 4 is 18.3 Å². The number of amides is 1. The van der Waals surface area contributed by atoms with E-state index in [1.807, 2.05) is 48.3 Å². The molecule has 0 aliphatic carbocycles. The second kappa shape index (κ2) is 9.45. The van der Waals surface area contributed by atoms with Crippen molar-refractivity contribution in [3.8, 4) is 0 Å². The molecule has 5 nitrogen and oxygen atoms in total. The summed E-state index contributed by atoms with van der Waals surface area (Å²) in [6.45, 7) is 5.98. The average Bonchev–Trinajstić information content (AvgIpc) is 2.94. The van der Waals surface area contributed by atoms with Gasteiger partial charge in [0.1, 0.15) is 0 Å². The van der Waals surface area contributed by atoms with Gasteiger partial charge < -0.3 is 10.6 Å². The Morgan fingerprint density at radius 2 is 1.96 bits per heavy atom. The standard InChI is InChI=1S/C18H26N4O.ClH/c1-14(2)17-12-16(20-21(17)3)18(23)22(11-7-10-19)13-15-8-5-4-6-9-15;/h4-6,8-9,12,14H,7,10-11,13,19H2,1-3H3;1H. The van der Waals surface area contributed by atoms with E-state index < -0.39 is 0 Å². The molecule has 6 heteroatoms. The maximum absolute atomic E-state index is 12.9. The van der Waals surface area contributed by atoms with E-state index >= 15 is 0 Å². The van der Waals surface area contributed by atoms with Crippen LogP contribution in [-0.2, 0) is 13.6 Å². The van der Waals surface area contributed by atoms with Crippen molar-refractivity contribution in [2.24, 2.45) is 12.8 Å². The number of hydrogen-bond donors (Lipinski definition) is 1. The molecule has 0 spiro atoms. The minimum Gasteiger partial charge on any atom is -0.333 e. The summed E-state index contributed by atoms with van der Waals surface area (Å²) in [7, 11) is 1.88. The van der Waals surface area contributed by atoms with Gasteiger partial charge in [-0.15, -0.1) is 12.4 Å². The Bertz CT molecular complexity index is 640. The Labute approximate surface area is 150 Å². The first-order valence-electron chi connectivity index (χ1n) is 8.10. The molecule has 132 valence electrons. The maximum Gasteiger partial charge on any atom is 0.274 e. The molecule has 0 bridgehead atoms. The largest absolute Gasteiger partial charge is 0.333 e.